The maximum atomic E-state index is 13.3. The Hall–Kier alpha value is -7.18. The van der Waals surface area contributed by atoms with Crippen molar-refractivity contribution in [2.24, 2.45) is 0 Å². The third-order valence-electron chi connectivity index (χ3n) is 9.74. The topological polar surface area (TPSA) is 97.3 Å². The molecule has 4 aromatic heterocycles. The van der Waals surface area contributed by atoms with Gasteiger partial charge in [0.15, 0.2) is 12.6 Å². The first-order valence-corrected chi connectivity index (χ1v) is 17.2. The molecule has 0 radical (unpaired) electrons. The van der Waals surface area contributed by atoms with Crippen LogP contribution in [0.2, 0.25) is 0 Å². The minimum atomic E-state index is 0.442. The van der Waals surface area contributed by atoms with Gasteiger partial charge >= 0.3 is 0 Å². The summed E-state index contributed by atoms with van der Waals surface area (Å²) in [5.41, 5.74) is 11.6. The fraction of sp³-hybridized carbons (Fsp3) is 0. The summed E-state index contributed by atoms with van der Waals surface area (Å²) in [6.45, 7) is 0. The fourth-order valence-electron chi connectivity index (χ4n) is 7.40. The molecular formula is C46H32N4O2. The molecule has 248 valence electrons. The van der Waals surface area contributed by atoms with Crippen LogP contribution in [-0.4, -0.2) is 32.5 Å². The van der Waals surface area contributed by atoms with Gasteiger partial charge < -0.3 is 19.9 Å². The van der Waals surface area contributed by atoms with Gasteiger partial charge in [0.2, 0.25) is 0 Å². The van der Waals surface area contributed by atoms with Gasteiger partial charge in [0.25, 0.3) is 0 Å². The molecule has 8 aromatic rings. The molecule has 0 spiro atoms. The highest BCUT2D eigenvalue weighted by molar-refractivity contribution is 6.09. The fourth-order valence-corrected chi connectivity index (χ4v) is 7.40. The zero-order chi connectivity index (χ0) is 35.0. The van der Waals surface area contributed by atoms with Gasteiger partial charge in [0, 0.05) is 39.0 Å². The van der Waals surface area contributed by atoms with Crippen molar-refractivity contribution in [2.45, 2.75) is 0 Å². The lowest BCUT2D eigenvalue weighted by molar-refractivity contribution is -0.104. The van der Waals surface area contributed by atoms with Crippen LogP contribution >= 0.6 is 0 Å². The average Bonchev–Trinajstić information content (AvgIpc) is 4.03. The molecule has 0 unspecified atom stereocenters. The highest BCUT2D eigenvalue weighted by Gasteiger charge is 2.23. The van der Waals surface area contributed by atoms with Gasteiger partial charge in [-0.05, 0) is 58.7 Å². The second kappa shape index (κ2) is 12.9. The molecule has 52 heavy (non-hydrogen) atoms. The Kier molecular flexibility index (Phi) is 7.67. The summed E-state index contributed by atoms with van der Waals surface area (Å²) in [5, 5.41) is 3.05. The highest BCUT2D eigenvalue weighted by Crippen LogP contribution is 2.31. The number of aromatic nitrogens is 4. The Labute approximate surface area is 298 Å². The van der Waals surface area contributed by atoms with Crippen LogP contribution in [-0.2, 0) is 9.59 Å². The summed E-state index contributed by atoms with van der Waals surface area (Å²) in [7, 11) is 0. The van der Waals surface area contributed by atoms with Gasteiger partial charge in [-0.3, -0.25) is 9.59 Å². The van der Waals surface area contributed by atoms with E-state index in [1.54, 1.807) is 0 Å². The van der Waals surface area contributed by atoms with E-state index in [4.69, 9.17) is 0 Å². The van der Waals surface area contributed by atoms with Crippen molar-refractivity contribution in [1.82, 2.24) is 19.9 Å². The van der Waals surface area contributed by atoms with Crippen molar-refractivity contribution in [2.75, 3.05) is 0 Å². The Balaban J connectivity index is 1.54. The lowest BCUT2D eigenvalue weighted by atomic mass is 9.93. The molecule has 0 saturated carbocycles. The second-order valence-corrected chi connectivity index (χ2v) is 12.8. The van der Waals surface area contributed by atoms with E-state index < -0.39 is 0 Å². The molecule has 1 aliphatic heterocycles. The predicted octanol–water partition coefficient (Wildman–Crippen LogP) is 5.94. The highest BCUT2D eigenvalue weighted by atomic mass is 16.1. The summed E-state index contributed by atoms with van der Waals surface area (Å²) in [4.78, 5) is 40.7. The van der Waals surface area contributed by atoms with Gasteiger partial charge in [0.1, 0.15) is 0 Å². The first-order chi connectivity index (χ1) is 25.7. The predicted molar refractivity (Wildman–Crippen MR) is 206 cm³/mol. The monoisotopic (exact) mass is 672 g/mol. The number of aldehydes is 2. The van der Waals surface area contributed by atoms with Crippen LogP contribution in [0.1, 0.15) is 33.9 Å². The third-order valence-corrected chi connectivity index (χ3v) is 9.74. The lowest BCUT2D eigenvalue weighted by Gasteiger charge is -2.11. The Bertz CT molecular complexity index is 2860. The van der Waals surface area contributed by atoms with Gasteiger partial charge in [-0.1, -0.05) is 121 Å². The molecule has 6 nitrogen and oxygen atoms in total. The van der Waals surface area contributed by atoms with Crippen LogP contribution in [0.3, 0.4) is 0 Å². The minimum Gasteiger partial charge on any atom is -0.354 e. The van der Waals surface area contributed by atoms with E-state index in [9.17, 15) is 9.59 Å². The Morgan fingerprint density at radius 1 is 0.327 bits per heavy atom. The molecule has 0 aliphatic carbocycles. The zero-order valence-electron chi connectivity index (χ0n) is 28.0. The van der Waals surface area contributed by atoms with E-state index in [1.807, 2.05) is 97.1 Å². The second-order valence-electron chi connectivity index (χ2n) is 12.8. The summed E-state index contributed by atoms with van der Waals surface area (Å²) < 4.78 is 0. The van der Waals surface area contributed by atoms with Crippen LogP contribution in [0, 0.1) is 0 Å². The molecule has 1 aliphatic rings. The summed E-state index contributed by atoms with van der Waals surface area (Å²) in [6, 6.07) is 52.9. The van der Waals surface area contributed by atoms with Crippen molar-refractivity contribution in [3.05, 3.63) is 213 Å². The number of aromatic amines is 4. The number of carbonyl (C=O) groups is 2. The van der Waals surface area contributed by atoms with E-state index in [1.165, 1.54) is 0 Å². The molecule has 0 fully saturated rings. The molecule has 4 aromatic carbocycles. The van der Waals surface area contributed by atoms with E-state index >= 15 is 0 Å². The molecule has 8 bridgehead atoms. The smallest absolute Gasteiger partial charge is 0.154 e. The van der Waals surface area contributed by atoms with Crippen LogP contribution in [0.15, 0.2) is 158 Å². The van der Waals surface area contributed by atoms with E-state index in [0.29, 0.717) is 33.2 Å². The number of rotatable bonds is 6. The Morgan fingerprint density at radius 3 is 1.31 bits per heavy atom. The number of hydrogen-bond acceptors (Lipinski definition) is 2. The summed E-state index contributed by atoms with van der Waals surface area (Å²) >= 11 is 0. The van der Waals surface area contributed by atoms with E-state index in [-0.39, 0.29) is 0 Å². The van der Waals surface area contributed by atoms with Crippen LogP contribution in [0.5, 0.6) is 0 Å². The van der Waals surface area contributed by atoms with Gasteiger partial charge in [-0.25, -0.2) is 0 Å². The molecular weight excluding hydrogens is 641 g/mol. The first-order valence-electron chi connectivity index (χ1n) is 17.2. The molecule has 0 atom stereocenters. The van der Waals surface area contributed by atoms with Crippen molar-refractivity contribution < 1.29 is 9.59 Å². The molecule has 0 amide bonds. The van der Waals surface area contributed by atoms with Gasteiger partial charge in [0.05, 0.1) is 38.6 Å². The summed E-state index contributed by atoms with van der Waals surface area (Å²) in [5.74, 6) is 0. The maximum absolute atomic E-state index is 13.3. The van der Waals surface area contributed by atoms with Gasteiger partial charge in [-0.15, -0.1) is 0 Å². The maximum Gasteiger partial charge on any atom is 0.154 e. The molecule has 5 heterocycles. The average molecular weight is 673 g/mol. The number of H-pyrrole nitrogens is 4. The normalized spacial score (nSPS) is 12.6. The molecule has 6 heteroatoms. The van der Waals surface area contributed by atoms with Crippen LogP contribution in [0.25, 0.3) is 44.5 Å². The quantitative estimate of drug-likeness (QED) is 0.165. The summed E-state index contributed by atoms with van der Waals surface area (Å²) in [6.07, 6.45) is 1.74. The number of hydrogen-bond donors (Lipinski definition) is 4. The zero-order valence-corrected chi connectivity index (χ0v) is 28.0. The van der Waals surface area contributed by atoms with E-state index in [2.05, 4.69) is 80.6 Å². The number of fused-ring (bicyclic) bond motifs is 8. The number of benzene rings is 4. The van der Waals surface area contributed by atoms with Crippen LogP contribution in [0.4, 0.5) is 0 Å². The first kappa shape index (κ1) is 30.8. The lowest BCUT2D eigenvalue weighted by Crippen LogP contribution is -2.20. The number of nitrogens with one attached hydrogen (secondary N) is 4. The van der Waals surface area contributed by atoms with Crippen molar-refractivity contribution in [3.63, 3.8) is 0 Å². The van der Waals surface area contributed by atoms with Crippen molar-refractivity contribution in [3.8, 4) is 22.3 Å². The van der Waals surface area contributed by atoms with Crippen molar-refractivity contribution in [1.29, 1.82) is 0 Å². The largest absolute Gasteiger partial charge is 0.354 e. The van der Waals surface area contributed by atoms with Crippen molar-refractivity contribution >= 4 is 34.9 Å². The molecule has 4 N–H and O–H groups in total. The van der Waals surface area contributed by atoms with Crippen LogP contribution < -0.4 is 21.4 Å². The minimum absolute atomic E-state index is 0.442. The van der Waals surface area contributed by atoms with E-state index in [0.717, 1.165) is 79.2 Å². The Morgan fingerprint density at radius 2 is 0.750 bits per heavy atom. The third kappa shape index (κ3) is 5.22. The van der Waals surface area contributed by atoms with Gasteiger partial charge in [-0.2, -0.15) is 0 Å². The standard InChI is InChI=1S/C46H32N4O2/c51-27-33-35-21-22-37(47-35)34(28-52)45-43(31-17-9-3-10-18-31)44(32-19-11-4-12-20-32)46(50-45)42(30-15-7-2-8-16-30)40-26-25-39(49-40)41(29-13-5-1-6-14-29)38-24-23-36(33)48-38/h1-28,47-50H. The SMILES string of the molecule is O=CC1=c2ccc([nH]2)=C(c2ccccc2)c2ccc([nH]2)C(c2ccccc2)=c2[nH]c(c(-c3ccccc3)c2-c2ccccc2)=C(C=O)c2ccc1[nH]2. The number of carbonyl (C=O) groups excluding carboxylic acids is 2. The molecule has 0 saturated heterocycles. The molecule has 9 rings (SSSR count).